The van der Waals surface area contributed by atoms with Crippen molar-refractivity contribution >= 4 is 10.8 Å². The minimum atomic E-state index is -0.811. The predicted molar refractivity (Wildman–Crippen MR) is 54.6 cm³/mol. The van der Waals surface area contributed by atoms with Crippen LogP contribution in [0.25, 0.3) is 0 Å². The van der Waals surface area contributed by atoms with E-state index < -0.39 is 10.8 Å². The lowest BCUT2D eigenvalue weighted by atomic mass is 9.90. The van der Waals surface area contributed by atoms with Crippen molar-refractivity contribution in [3.05, 3.63) is 0 Å². The summed E-state index contributed by atoms with van der Waals surface area (Å²) in [4.78, 5) is 0. The van der Waals surface area contributed by atoms with Gasteiger partial charge in [0, 0.05) is 16.0 Å². The van der Waals surface area contributed by atoms with Crippen molar-refractivity contribution in [3.8, 4) is 6.07 Å². The largest absolute Gasteiger partial charge is 0.259 e. The van der Waals surface area contributed by atoms with E-state index in [9.17, 15) is 4.21 Å². The molecule has 0 saturated heterocycles. The first-order valence-corrected chi connectivity index (χ1v) is 6.23. The maximum absolute atomic E-state index is 11.8. The second-order valence-corrected chi connectivity index (χ2v) is 6.14. The van der Waals surface area contributed by atoms with Crippen LogP contribution in [0.4, 0.5) is 0 Å². The van der Waals surface area contributed by atoms with E-state index in [0.29, 0.717) is 0 Å². The van der Waals surface area contributed by atoms with Gasteiger partial charge in [0.25, 0.3) is 0 Å². The van der Waals surface area contributed by atoms with Crippen molar-refractivity contribution in [2.45, 2.75) is 50.0 Å². The second kappa shape index (κ2) is 4.76. The van der Waals surface area contributed by atoms with Gasteiger partial charge in [0.15, 0.2) is 0 Å². The zero-order valence-electron chi connectivity index (χ0n) is 8.32. The quantitative estimate of drug-likeness (QED) is 0.684. The van der Waals surface area contributed by atoms with Gasteiger partial charge in [0.2, 0.25) is 0 Å². The zero-order valence-corrected chi connectivity index (χ0v) is 9.14. The average molecular weight is 199 g/mol. The van der Waals surface area contributed by atoms with Gasteiger partial charge in [-0.1, -0.05) is 26.7 Å². The molecule has 74 valence electrons. The molecule has 0 radical (unpaired) electrons. The third-order valence-electron chi connectivity index (χ3n) is 2.63. The molecule has 3 heteroatoms. The number of nitriles is 1. The van der Waals surface area contributed by atoms with E-state index in [1.807, 2.05) is 13.8 Å². The summed E-state index contributed by atoms with van der Waals surface area (Å²) in [5.74, 6) is 0.0389. The molecule has 0 amide bonds. The predicted octanol–water partition coefficient (Wildman–Crippen LogP) is 2.23. The van der Waals surface area contributed by atoms with Crippen molar-refractivity contribution in [1.82, 2.24) is 0 Å². The van der Waals surface area contributed by atoms with Crippen LogP contribution in [0, 0.1) is 17.2 Å². The Bertz CT molecular complexity index is 232. The Balaban J connectivity index is 2.65. The molecule has 13 heavy (non-hydrogen) atoms. The normalized spacial score (nSPS) is 31.2. The van der Waals surface area contributed by atoms with E-state index in [2.05, 4.69) is 6.07 Å². The standard InChI is InChI=1S/C10H17NOS/c1-8(2)13(12)10-6-4-3-5-9(10)7-11/h8-10H,3-6H2,1-2H3. The molecule has 0 N–H and O–H groups in total. The Kier molecular flexibility index (Phi) is 3.92. The topological polar surface area (TPSA) is 40.9 Å². The van der Waals surface area contributed by atoms with Crippen LogP contribution in [0.3, 0.4) is 0 Å². The molecule has 3 atom stereocenters. The van der Waals surface area contributed by atoms with Crippen LogP contribution in [0.1, 0.15) is 39.5 Å². The third kappa shape index (κ3) is 2.54. The highest BCUT2D eigenvalue weighted by atomic mass is 32.2. The Hall–Kier alpha value is -0.360. The van der Waals surface area contributed by atoms with Gasteiger partial charge in [-0.2, -0.15) is 5.26 Å². The first-order chi connectivity index (χ1) is 6.16. The molecule has 1 aliphatic carbocycles. The Morgan fingerprint density at radius 3 is 2.54 bits per heavy atom. The zero-order chi connectivity index (χ0) is 9.84. The lowest BCUT2D eigenvalue weighted by Gasteiger charge is -2.27. The lowest BCUT2D eigenvalue weighted by Crippen LogP contribution is -2.31. The summed E-state index contributed by atoms with van der Waals surface area (Å²) < 4.78 is 11.8. The van der Waals surface area contributed by atoms with Crippen molar-refractivity contribution in [1.29, 1.82) is 5.26 Å². The van der Waals surface area contributed by atoms with Crippen molar-refractivity contribution < 1.29 is 4.21 Å². The maximum atomic E-state index is 11.8. The third-order valence-corrected chi connectivity index (χ3v) is 4.72. The molecule has 0 aliphatic heterocycles. The summed E-state index contributed by atoms with van der Waals surface area (Å²) in [6.07, 6.45) is 4.19. The van der Waals surface area contributed by atoms with Gasteiger partial charge in [0.1, 0.15) is 0 Å². The van der Waals surface area contributed by atoms with Gasteiger partial charge < -0.3 is 0 Å². The first kappa shape index (κ1) is 10.7. The first-order valence-electron chi connectivity index (χ1n) is 4.95. The molecule has 1 fully saturated rings. The molecule has 0 aromatic carbocycles. The highest BCUT2D eigenvalue weighted by Gasteiger charge is 2.30. The fourth-order valence-electron chi connectivity index (χ4n) is 1.87. The van der Waals surface area contributed by atoms with Crippen LogP contribution in [0.2, 0.25) is 0 Å². The fraction of sp³-hybridized carbons (Fsp3) is 0.900. The molecular formula is C10H17NOS. The molecule has 1 saturated carbocycles. The van der Waals surface area contributed by atoms with Crippen molar-refractivity contribution in [2.24, 2.45) is 5.92 Å². The molecule has 0 aromatic heterocycles. The molecule has 2 nitrogen and oxygen atoms in total. The van der Waals surface area contributed by atoms with E-state index >= 15 is 0 Å². The molecular weight excluding hydrogens is 182 g/mol. The van der Waals surface area contributed by atoms with E-state index in [4.69, 9.17) is 5.26 Å². The van der Waals surface area contributed by atoms with Gasteiger partial charge in [0.05, 0.1) is 17.2 Å². The highest BCUT2D eigenvalue weighted by Crippen LogP contribution is 2.28. The van der Waals surface area contributed by atoms with Crippen LogP contribution in [-0.4, -0.2) is 14.7 Å². The smallest absolute Gasteiger partial charge is 0.0668 e. The number of nitrogens with zero attached hydrogens (tertiary/aromatic N) is 1. The van der Waals surface area contributed by atoms with Crippen molar-refractivity contribution in [3.63, 3.8) is 0 Å². The summed E-state index contributed by atoms with van der Waals surface area (Å²) in [5, 5.41) is 9.24. The van der Waals surface area contributed by atoms with E-state index in [-0.39, 0.29) is 16.4 Å². The molecule has 0 bridgehead atoms. The summed E-state index contributed by atoms with van der Waals surface area (Å²) in [6, 6.07) is 2.30. The minimum Gasteiger partial charge on any atom is -0.259 e. The molecule has 1 rings (SSSR count). The van der Waals surface area contributed by atoms with Crippen LogP contribution in [0.5, 0.6) is 0 Å². The van der Waals surface area contributed by atoms with Gasteiger partial charge in [-0.15, -0.1) is 0 Å². The molecule has 0 aromatic rings. The Morgan fingerprint density at radius 1 is 1.38 bits per heavy atom. The molecule has 3 unspecified atom stereocenters. The average Bonchev–Trinajstić information content (AvgIpc) is 2.16. The Labute approximate surface area is 82.8 Å². The summed E-state index contributed by atoms with van der Waals surface area (Å²) >= 11 is 0. The maximum Gasteiger partial charge on any atom is 0.0668 e. The van der Waals surface area contributed by atoms with Gasteiger partial charge in [-0.25, -0.2) is 0 Å². The van der Waals surface area contributed by atoms with E-state index in [1.165, 1.54) is 0 Å². The monoisotopic (exact) mass is 199 g/mol. The lowest BCUT2D eigenvalue weighted by molar-refractivity contribution is 0.430. The second-order valence-electron chi connectivity index (χ2n) is 3.94. The van der Waals surface area contributed by atoms with E-state index in [0.717, 1.165) is 25.7 Å². The SMILES string of the molecule is CC(C)S(=O)C1CCCCC1C#N. The van der Waals surface area contributed by atoms with Crippen molar-refractivity contribution in [2.75, 3.05) is 0 Å². The Morgan fingerprint density at radius 2 is 2.00 bits per heavy atom. The summed E-state index contributed by atoms with van der Waals surface area (Å²) in [5.41, 5.74) is 0. The van der Waals surface area contributed by atoms with Crippen LogP contribution in [0.15, 0.2) is 0 Å². The van der Waals surface area contributed by atoms with Crippen LogP contribution >= 0.6 is 0 Å². The fourth-order valence-corrected chi connectivity index (χ4v) is 3.49. The summed E-state index contributed by atoms with van der Waals surface area (Å²) in [6.45, 7) is 3.94. The van der Waals surface area contributed by atoms with Crippen LogP contribution in [-0.2, 0) is 10.8 Å². The van der Waals surface area contributed by atoms with Gasteiger partial charge in [-0.05, 0) is 12.8 Å². The number of hydrogen-bond donors (Lipinski definition) is 0. The van der Waals surface area contributed by atoms with Gasteiger partial charge in [-0.3, -0.25) is 4.21 Å². The summed E-state index contributed by atoms with van der Waals surface area (Å²) in [7, 11) is -0.811. The molecule has 0 spiro atoms. The van der Waals surface area contributed by atoms with Gasteiger partial charge >= 0.3 is 0 Å². The molecule has 1 aliphatic rings. The van der Waals surface area contributed by atoms with E-state index in [1.54, 1.807) is 0 Å². The highest BCUT2D eigenvalue weighted by molar-refractivity contribution is 7.86. The number of rotatable bonds is 2. The minimum absolute atomic E-state index is 0.0389. The number of hydrogen-bond acceptors (Lipinski definition) is 2. The molecule has 0 heterocycles. The van der Waals surface area contributed by atoms with Crippen LogP contribution < -0.4 is 0 Å².